The molecule has 0 bridgehead atoms. The Bertz CT molecular complexity index is 531. The number of ketones is 1. The molecule has 0 saturated heterocycles. The van der Waals surface area contributed by atoms with Crippen molar-refractivity contribution in [1.82, 2.24) is 9.55 Å². The lowest BCUT2D eigenvalue weighted by Gasteiger charge is -2.04. The molecule has 4 heteroatoms. The first kappa shape index (κ1) is 12.9. The number of Topliss-reactive ketones (excluding diaryl/α,β-unsaturated/α-hetero) is 1. The summed E-state index contributed by atoms with van der Waals surface area (Å²) in [5.41, 5.74) is 0.749. The zero-order valence-electron chi connectivity index (χ0n) is 10.6. The topological polar surface area (TPSA) is 34.9 Å². The fourth-order valence-corrected chi connectivity index (χ4v) is 2.23. The maximum Gasteiger partial charge on any atom is 0.170 e. The van der Waals surface area contributed by atoms with Gasteiger partial charge in [0.05, 0.1) is 6.42 Å². The molecule has 2 aromatic rings. The molecule has 0 radical (unpaired) electrons. The van der Waals surface area contributed by atoms with Crippen LogP contribution < -0.4 is 0 Å². The lowest BCUT2D eigenvalue weighted by Crippen LogP contribution is -2.09. The van der Waals surface area contributed by atoms with E-state index in [1.165, 1.54) is 4.90 Å². The molecule has 2 rings (SSSR count). The average molecular weight is 260 g/mol. The zero-order valence-corrected chi connectivity index (χ0v) is 11.4. The monoisotopic (exact) mass is 260 g/mol. The van der Waals surface area contributed by atoms with Crippen molar-refractivity contribution in [2.75, 3.05) is 6.26 Å². The van der Waals surface area contributed by atoms with Gasteiger partial charge in [-0.05, 0) is 25.3 Å². The number of aryl methyl sites for hydroxylation is 1. The summed E-state index contributed by atoms with van der Waals surface area (Å²) >= 11 is 1.67. The van der Waals surface area contributed by atoms with Gasteiger partial charge in [0, 0.05) is 29.4 Å². The van der Waals surface area contributed by atoms with Gasteiger partial charge in [0.15, 0.2) is 5.78 Å². The van der Waals surface area contributed by atoms with Crippen molar-refractivity contribution in [2.45, 2.75) is 24.8 Å². The number of benzene rings is 1. The Labute approximate surface area is 111 Å². The smallest absolute Gasteiger partial charge is 0.170 e. The summed E-state index contributed by atoms with van der Waals surface area (Å²) < 4.78 is 1.99. The van der Waals surface area contributed by atoms with Crippen molar-refractivity contribution in [3.05, 3.63) is 48.0 Å². The molecule has 1 heterocycles. The number of aromatic nitrogens is 2. The van der Waals surface area contributed by atoms with Crippen LogP contribution in [0.15, 0.2) is 41.6 Å². The highest BCUT2D eigenvalue weighted by Gasteiger charge is 2.10. The second-order valence-corrected chi connectivity index (χ2v) is 4.84. The van der Waals surface area contributed by atoms with Gasteiger partial charge in [-0.15, -0.1) is 11.8 Å². The van der Waals surface area contributed by atoms with Gasteiger partial charge in [-0.2, -0.15) is 0 Å². The SMILES string of the molecule is CCn1ccnc1CC(=O)c1ccc(SC)cc1. The molecule has 0 amide bonds. The Morgan fingerprint density at radius 2 is 2.06 bits per heavy atom. The predicted molar refractivity (Wildman–Crippen MR) is 74.2 cm³/mol. The van der Waals surface area contributed by atoms with Crippen molar-refractivity contribution in [3.8, 4) is 0 Å². The number of carbonyl (C=O) groups excluding carboxylic acids is 1. The molecule has 0 fully saturated rings. The summed E-state index contributed by atoms with van der Waals surface area (Å²) in [6.07, 6.45) is 6.02. The Kier molecular flexibility index (Phi) is 4.20. The third-order valence-corrected chi connectivity index (χ3v) is 3.62. The molecular formula is C14H16N2OS. The Morgan fingerprint density at radius 3 is 2.67 bits per heavy atom. The molecule has 0 saturated carbocycles. The van der Waals surface area contributed by atoms with E-state index in [4.69, 9.17) is 0 Å². The summed E-state index contributed by atoms with van der Waals surface area (Å²) in [5.74, 6) is 0.944. The van der Waals surface area contributed by atoms with E-state index in [1.807, 2.05) is 48.2 Å². The molecular weight excluding hydrogens is 244 g/mol. The summed E-state index contributed by atoms with van der Waals surface area (Å²) in [5, 5.41) is 0. The second-order valence-electron chi connectivity index (χ2n) is 3.96. The number of nitrogens with zero attached hydrogens (tertiary/aromatic N) is 2. The van der Waals surface area contributed by atoms with Crippen molar-refractivity contribution < 1.29 is 4.79 Å². The van der Waals surface area contributed by atoms with Crippen LogP contribution in [0.5, 0.6) is 0 Å². The number of thioether (sulfide) groups is 1. The summed E-state index contributed by atoms with van der Waals surface area (Å²) in [6.45, 7) is 2.89. The molecule has 1 aromatic carbocycles. The molecule has 0 unspecified atom stereocenters. The quantitative estimate of drug-likeness (QED) is 0.612. The zero-order chi connectivity index (χ0) is 13.0. The molecule has 0 N–H and O–H groups in total. The van der Waals surface area contributed by atoms with Crippen molar-refractivity contribution >= 4 is 17.5 Å². The number of hydrogen-bond donors (Lipinski definition) is 0. The first-order valence-corrected chi connectivity index (χ1v) is 7.14. The Balaban J connectivity index is 2.11. The van der Waals surface area contributed by atoms with Gasteiger partial charge < -0.3 is 4.57 Å². The minimum absolute atomic E-state index is 0.114. The van der Waals surface area contributed by atoms with Crippen LogP contribution >= 0.6 is 11.8 Å². The minimum atomic E-state index is 0.114. The van der Waals surface area contributed by atoms with E-state index in [-0.39, 0.29) is 5.78 Å². The molecule has 18 heavy (non-hydrogen) atoms. The van der Waals surface area contributed by atoms with Gasteiger partial charge in [-0.25, -0.2) is 4.98 Å². The highest BCUT2D eigenvalue weighted by atomic mass is 32.2. The molecule has 0 aliphatic carbocycles. The highest BCUT2D eigenvalue weighted by molar-refractivity contribution is 7.98. The maximum atomic E-state index is 12.1. The van der Waals surface area contributed by atoms with Gasteiger partial charge in [-0.1, -0.05) is 12.1 Å². The van der Waals surface area contributed by atoms with Crippen LogP contribution in [0.3, 0.4) is 0 Å². The van der Waals surface area contributed by atoms with Gasteiger partial charge in [0.1, 0.15) is 5.82 Å². The van der Waals surface area contributed by atoms with E-state index in [2.05, 4.69) is 4.98 Å². The summed E-state index contributed by atoms with van der Waals surface area (Å²) in [4.78, 5) is 17.5. The van der Waals surface area contributed by atoms with E-state index in [0.29, 0.717) is 6.42 Å². The van der Waals surface area contributed by atoms with Crippen LogP contribution in [0.4, 0.5) is 0 Å². The lowest BCUT2D eigenvalue weighted by molar-refractivity contribution is 0.0989. The van der Waals surface area contributed by atoms with Gasteiger partial charge in [0.25, 0.3) is 0 Å². The largest absolute Gasteiger partial charge is 0.335 e. The molecule has 0 spiro atoms. The molecule has 1 aromatic heterocycles. The third-order valence-electron chi connectivity index (χ3n) is 2.87. The molecule has 0 aliphatic heterocycles. The van der Waals surface area contributed by atoms with Crippen LogP contribution in [0, 0.1) is 0 Å². The van der Waals surface area contributed by atoms with Crippen LogP contribution in [0.25, 0.3) is 0 Å². The van der Waals surface area contributed by atoms with E-state index < -0.39 is 0 Å². The fraction of sp³-hybridized carbons (Fsp3) is 0.286. The van der Waals surface area contributed by atoms with Crippen molar-refractivity contribution in [3.63, 3.8) is 0 Å². The van der Waals surface area contributed by atoms with Crippen LogP contribution in [-0.2, 0) is 13.0 Å². The number of carbonyl (C=O) groups is 1. The number of imidazole rings is 1. The molecule has 3 nitrogen and oxygen atoms in total. The van der Waals surface area contributed by atoms with Gasteiger partial charge in [0.2, 0.25) is 0 Å². The molecule has 0 atom stereocenters. The number of rotatable bonds is 5. The normalized spacial score (nSPS) is 10.6. The molecule has 0 aliphatic rings. The molecule has 94 valence electrons. The van der Waals surface area contributed by atoms with E-state index in [9.17, 15) is 4.79 Å². The highest BCUT2D eigenvalue weighted by Crippen LogP contribution is 2.16. The standard InChI is InChI=1S/C14H16N2OS/c1-3-16-9-8-15-14(16)10-13(17)11-4-6-12(18-2)7-5-11/h4-9H,3,10H2,1-2H3. The van der Waals surface area contributed by atoms with E-state index in [1.54, 1.807) is 18.0 Å². The Hall–Kier alpha value is -1.55. The van der Waals surface area contributed by atoms with E-state index >= 15 is 0 Å². The van der Waals surface area contributed by atoms with Gasteiger partial charge >= 0.3 is 0 Å². The lowest BCUT2D eigenvalue weighted by atomic mass is 10.1. The predicted octanol–water partition coefficient (Wildman–Crippen LogP) is 3.05. The van der Waals surface area contributed by atoms with Crippen molar-refractivity contribution in [1.29, 1.82) is 0 Å². The minimum Gasteiger partial charge on any atom is -0.335 e. The fourth-order valence-electron chi connectivity index (χ4n) is 1.82. The third kappa shape index (κ3) is 2.82. The summed E-state index contributed by atoms with van der Waals surface area (Å²) in [7, 11) is 0. The van der Waals surface area contributed by atoms with Crippen LogP contribution in [0.1, 0.15) is 23.1 Å². The number of hydrogen-bond acceptors (Lipinski definition) is 3. The van der Waals surface area contributed by atoms with Gasteiger partial charge in [-0.3, -0.25) is 4.79 Å². The van der Waals surface area contributed by atoms with Crippen LogP contribution in [-0.4, -0.2) is 21.6 Å². The van der Waals surface area contributed by atoms with E-state index in [0.717, 1.165) is 17.9 Å². The summed E-state index contributed by atoms with van der Waals surface area (Å²) in [6, 6.07) is 7.72. The average Bonchev–Trinajstić information content (AvgIpc) is 2.86. The van der Waals surface area contributed by atoms with Crippen molar-refractivity contribution in [2.24, 2.45) is 0 Å². The maximum absolute atomic E-state index is 12.1. The second kappa shape index (κ2) is 5.87. The van der Waals surface area contributed by atoms with Crippen LogP contribution in [0.2, 0.25) is 0 Å². The first-order valence-electron chi connectivity index (χ1n) is 5.92. The Morgan fingerprint density at radius 1 is 1.33 bits per heavy atom. The first-order chi connectivity index (χ1) is 8.74.